The minimum atomic E-state index is -0.715. The fourth-order valence-electron chi connectivity index (χ4n) is 1.60. The van der Waals surface area contributed by atoms with E-state index in [-0.39, 0.29) is 6.42 Å². The second-order valence-corrected chi connectivity index (χ2v) is 4.09. The second kappa shape index (κ2) is 6.33. The molecule has 0 aromatic carbocycles. The third kappa shape index (κ3) is 4.49. The van der Waals surface area contributed by atoms with Crippen molar-refractivity contribution in [1.29, 1.82) is 0 Å². The van der Waals surface area contributed by atoms with Crippen molar-refractivity contribution in [2.75, 3.05) is 13.6 Å². The van der Waals surface area contributed by atoms with Crippen molar-refractivity contribution in [3.8, 4) is 0 Å². The van der Waals surface area contributed by atoms with Crippen molar-refractivity contribution in [3.05, 3.63) is 23.7 Å². The summed E-state index contributed by atoms with van der Waals surface area (Å²) in [5.74, 6) is 0.241. The van der Waals surface area contributed by atoms with Crippen molar-refractivity contribution >= 4 is 5.97 Å². The minimum Gasteiger partial charge on any atom is -0.481 e. The molecule has 0 aliphatic rings. The number of furan rings is 1. The number of aryl methyl sites for hydroxylation is 1. The van der Waals surface area contributed by atoms with Crippen LogP contribution in [0, 0.1) is 6.92 Å². The Morgan fingerprint density at radius 2 is 2.25 bits per heavy atom. The van der Waals surface area contributed by atoms with Crippen LogP contribution in [0.5, 0.6) is 0 Å². The summed E-state index contributed by atoms with van der Waals surface area (Å²) in [6, 6.07) is 1.98. The highest BCUT2D eigenvalue weighted by Crippen LogP contribution is 2.11. The van der Waals surface area contributed by atoms with E-state index in [4.69, 9.17) is 9.52 Å². The van der Waals surface area contributed by atoms with Crippen LogP contribution in [0.4, 0.5) is 0 Å². The van der Waals surface area contributed by atoms with Crippen LogP contribution in [0.15, 0.2) is 16.7 Å². The molecular formula is C12H19NO3. The van der Waals surface area contributed by atoms with Crippen LogP contribution < -0.4 is 0 Å². The first-order valence-corrected chi connectivity index (χ1v) is 5.53. The smallest absolute Gasteiger partial charge is 0.303 e. The number of nitrogens with zero attached hydrogens (tertiary/aromatic N) is 1. The number of aliphatic carboxylic acids is 1. The fraction of sp³-hybridized carbons (Fsp3) is 0.583. The molecule has 0 spiro atoms. The van der Waals surface area contributed by atoms with E-state index in [0.717, 1.165) is 31.7 Å². The Bertz CT molecular complexity index is 333. The lowest BCUT2D eigenvalue weighted by atomic mass is 10.2. The molecule has 0 aliphatic carbocycles. The van der Waals surface area contributed by atoms with E-state index < -0.39 is 5.97 Å². The number of unbranched alkanes of at least 4 members (excludes halogenated alkanes) is 1. The maximum Gasteiger partial charge on any atom is 0.303 e. The third-order valence-corrected chi connectivity index (χ3v) is 2.59. The summed E-state index contributed by atoms with van der Waals surface area (Å²) in [6.45, 7) is 3.72. The van der Waals surface area contributed by atoms with Gasteiger partial charge in [-0.15, -0.1) is 0 Å². The number of carbonyl (C=O) groups is 1. The molecule has 90 valence electrons. The molecule has 0 unspecified atom stereocenters. The largest absolute Gasteiger partial charge is 0.481 e. The molecule has 0 atom stereocenters. The third-order valence-electron chi connectivity index (χ3n) is 2.59. The molecule has 1 rings (SSSR count). The van der Waals surface area contributed by atoms with Crippen molar-refractivity contribution in [2.45, 2.75) is 32.7 Å². The predicted octanol–water partition coefficient (Wildman–Crippen LogP) is 2.27. The number of rotatable bonds is 7. The highest BCUT2D eigenvalue weighted by Gasteiger charge is 2.05. The summed E-state index contributed by atoms with van der Waals surface area (Å²) < 4.78 is 5.22. The van der Waals surface area contributed by atoms with Gasteiger partial charge >= 0.3 is 5.97 Å². The van der Waals surface area contributed by atoms with Crippen LogP contribution in [0.1, 0.15) is 30.6 Å². The highest BCUT2D eigenvalue weighted by molar-refractivity contribution is 5.66. The number of carboxylic acids is 1. The van der Waals surface area contributed by atoms with Gasteiger partial charge < -0.3 is 14.4 Å². The zero-order chi connectivity index (χ0) is 12.0. The first kappa shape index (κ1) is 12.8. The average Bonchev–Trinajstić information content (AvgIpc) is 2.59. The SMILES string of the molecule is Cc1occc1CN(C)CCCCC(=O)O. The molecule has 1 heterocycles. The van der Waals surface area contributed by atoms with Gasteiger partial charge in [-0.1, -0.05) is 0 Å². The van der Waals surface area contributed by atoms with Gasteiger partial charge in [-0.3, -0.25) is 4.79 Å². The Balaban J connectivity index is 2.19. The molecule has 1 N–H and O–H groups in total. The number of hydrogen-bond acceptors (Lipinski definition) is 3. The van der Waals surface area contributed by atoms with E-state index in [1.54, 1.807) is 6.26 Å². The molecule has 0 amide bonds. The summed E-state index contributed by atoms with van der Waals surface area (Å²) in [5.41, 5.74) is 1.20. The van der Waals surface area contributed by atoms with Crippen LogP contribution in [0.3, 0.4) is 0 Å². The van der Waals surface area contributed by atoms with Crippen molar-refractivity contribution in [1.82, 2.24) is 4.90 Å². The van der Waals surface area contributed by atoms with Gasteiger partial charge in [0, 0.05) is 18.5 Å². The normalized spacial score (nSPS) is 10.9. The Kier molecular flexibility index (Phi) is 5.05. The molecule has 16 heavy (non-hydrogen) atoms. The van der Waals surface area contributed by atoms with E-state index in [1.165, 1.54) is 5.56 Å². The zero-order valence-corrected chi connectivity index (χ0v) is 9.90. The molecule has 4 nitrogen and oxygen atoms in total. The molecule has 0 fully saturated rings. The molecule has 0 aliphatic heterocycles. The summed E-state index contributed by atoms with van der Waals surface area (Å²) in [7, 11) is 2.03. The van der Waals surface area contributed by atoms with Crippen LogP contribution in [-0.2, 0) is 11.3 Å². The van der Waals surface area contributed by atoms with Crippen LogP contribution in [-0.4, -0.2) is 29.6 Å². The molecule has 1 aromatic heterocycles. The van der Waals surface area contributed by atoms with Gasteiger partial charge in [0.1, 0.15) is 5.76 Å². The predicted molar refractivity (Wildman–Crippen MR) is 61.3 cm³/mol. The van der Waals surface area contributed by atoms with Gasteiger partial charge in [0.15, 0.2) is 0 Å². The van der Waals surface area contributed by atoms with Gasteiger partial charge in [-0.2, -0.15) is 0 Å². The maximum atomic E-state index is 10.3. The van der Waals surface area contributed by atoms with E-state index in [1.807, 2.05) is 20.0 Å². The molecule has 1 aromatic rings. The molecule has 0 saturated carbocycles. The summed E-state index contributed by atoms with van der Waals surface area (Å²) >= 11 is 0. The van der Waals surface area contributed by atoms with Gasteiger partial charge in [0.2, 0.25) is 0 Å². The summed E-state index contributed by atoms with van der Waals surface area (Å²) in [4.78, 5) is 12.5. The maximum absolute atomic E-state index is 10.3. The Morgan fingerprint density at radius 1 is 1.50 bits per heavy atom. The van der Waals surface area contributed by atoms with E-state index in [0.29, 0.717) is 0 Å². The van der Waals surface area contributed by atoms with Crippen LogP contribution in [0.2, 0.25) is 0 Å². The van der Waals surface area contributed by atoms with Crippen molar-refractivity contribution in [2.24, 2.45) is 0 Å². The standard InChI is InChI=1S/C12H19NO3/c1-10-11(6-8-16-10)9-13(2)7-4-3-5-12(14)15/h6,8H,3-5,7,9H2,1-2H3,(H,14,15). The first-order valence-electron chi connectivity index (χ1n) is 5.53. The molecule has 0 bridgehead atoms. The lowest BCUT2D eigenvalue weighted by Crippen LogP contribution is -2.19. The lowest BCUT2D eigenvalue weighted by molar-refractivity contribution is -0.137. The molecular weight excluding hydrogens is 206 g/mol. The van der Waals surface area contributed by atoms with Crippen LogP contribution in [0.25, 0.3) is 0 Å². The van der Waals surface area contributed by atoms with Crippen molar-refractivity contribution in [3.63, 3.8) is 0 Å². The first-order chi connectivity index (χ1) is 7.59. The Hall–Kier alpha value is -1.29. The molecule has 0 saturated heterocycles. The van der Waals surface area contributed by atoms with Gasteiger partial charge in [-0.05, 0) is 39.4 Å². The molecule has 0 radical (unpaired) electrons. The summed E-state index contributed by atoms with van der Waals surface area (Å²) in [6.07, 6.45) is 3.62. The fourth-order valence-corrected chi connectivity index (χ4v) is 1.60. The van der Waals surface area contributed by atoms with Crippen molar-refractivity contribution < 1.29 is 14.3 Å². The topological polar surface area (TPSA) is 53.7 Å². The van der Waals surface area contributed by atoms with Crippen LogP contribution >= 0.6 is 0 Å². The molecule has 4 heteroatoms. The summed E-state index contributed by atoms with van der Waals surface area (Å²) in [5, 5.41) is 8.50. The average molecular weight is 225 g/mol. The van der Waals surface area contributed by atoms with E-state index in [9.17, 15) is 4.79 Å². The van der Waals surface area contributed by atoms with Gasteiger partial charge in [-0.25, -0.2) is 0 Å². The van der Waals surface area contributed by atoms with E-state index >= 15 is 0 Å². The Labute approximate surface area is 95.9 Å². The monoisotopic (exact) mass is 225 g/mol. The van der Waals surface area contributed by atoms with E-state index in [2.05, 4.69) is 4.90 Å². The lowest BCUT2D eigenvalue weighted by Gasteiger charge is -2.15. The highest BCUT2D eigenvalue weighted by atomic mass is 16.4. The number of carboxylic acid groups (broad SMARTS) is 1. The van der Waals surface area contributed by atoms with Gasteiger partial charge in [0.05, 0.1) is 6.26 Å². The number of hydrogen-bond donors (Lipinski definition) is 1. The minimum absolute atomic E-state index is 0.262. The Morgan fingerprint density at radius 3 is 2.81 bits per heavy atom. The second-order valence-electron chi connectivity index (χ2n) is 4.09. The zero-order valence-electron chi connectivity index (χ0n) is 9.90. The van der Waals surface area contributed by atoms with Gasteiger partial charge in [0.25, 0.3) is 0 Å². The quantitative estimate of drug-likeness (QED) is 0.723.